The molecular formula is C8H6FKNO. The molecule has 4 heteroatoms. The van der Waals surface area contributed by atoms with E-state index in [9.17, 15) is 9.28 Å². The quantitative estimate of drug-likeness (QED) is 0.443. The molecule has 0 atom stereocenters. The zero-order chi connectivity index (χ0) is 7.84. The van der Waals surface area contributed by atoms with Gasteiger partial charge < -0.3 is 0 Å². The zero-order valence-electron chi connectivity index (χ0n) is 6.75. The summed E-state index contributed by atoms with van der Waals surface area (Å²) in [5.41, 5.74) is 1.15. The number of carbonyl (C=O) groups is 1. The number of rotatable bonds is 0. The molecular weight excluding hydrogens is 184 g/mol. The van der Waals surface area contributed by atoms with Crippen LogP contribution in [0.5, 0.6) is 0 Å². The van der Waals surface area contributed by atoms with E-state index < -0.39 is 5.91 Å². The molecule has 0 aliphatic carbocycles. The molecule has 1 aromatic rings. The van der Waals surface area contributed by atoms with Gasteiger partial charge >= 0.3 is 0 Å². The van der Waals surface area contributed by atoms with E-state index in [0.717, 1.165) is 5.56 Å². The summed E-state index contributed by atoms with van der Waals surface area (Å²) in [6, 6.07) is 6.86. The van der Waals surface area contributed by atoms with Crippen LogP contribution in [0.25, 0.3) is 0 Å². The molecule has 1 amide bonds. The second-order valence-corrected chi connectivity index (χ2v) is 2.48. The Hall–Kier alpha value is 0.256. The molecule has 57 valence electrons. The second-order valence-electron chi connectivity index (χ2n) is 2.48. The number of hydrogen-bond acceptors (Lipinski definition) is 1. The maximum atomic E-state index is 12.8. The summed E-state index contributed by atoms with van der Waals surface area (Å²) in [7, 11) is 0. The Labute approximate surface area is 112 Å². The summed E-state index contributed by atoms with van der Waals surface area (Å²) in [4.78, 5) is 10.8. The predicted molar refractivity (Wildman–Crippen MR) is 44.5 cm³/mol. The van der Waals surface area contributed by atoms with Crippen molar-refractivity contribution >= 4 is 63.0 Å². The number of nitrogens with zero attached hydrogens (tertiary/aromatic N) is 1. The number of anilines is 1. The Balaban J connectivity index is 0.000000720. The Morgan fingerprint density at radius 3 is 2.67 bits per heavy atom. The molecule has 0 N–H and O–H groups in total. The third-order valence-corrected chi connectivity index (χ3v) is 1.76. The maximum Gasteiger partial charge on any atom is 0.259 e. The first-order valence-corrected chi connectivity index (χ1v) is 3.35. The van der Waals surface area contributed by atoms with Crippen LogP contribution in [0, 0.1) is 0 Å². The zero-order valence-corrected chi connectivity index (χ0v) is 9.87. The van der Waals surface area contributed by atoms with Gasteiger partial charge in [-0.3, -0.25) is 4.79 Å². The normalized spacial score (nSPS) is 14.1. The fourth-order valence-corrected chi connectivity index (χ4v) is 1.22. The Morgan fingerprint density at radius 1 is 1.33 bits per heavy atom. The summed E-state index contributed by atoms with van der Waals surface area (Å²) in [6.45, 7) is 0. The van der Waals surface area contributed by atoms with Crippen molar-refractivity contribution in [1.29, 1.82) is 0 Å². The van der Waals surface area contributed by atoms with Gasteiger partial charge in [-0.05, 0) is 11.6 Å². The summed E-state index contributed by atoms with van der Waals surface area (Å²) >= 11 is 0. The van der Waals surface area contributed by atoms with Crippen LogP contribution in [0.4, 0.5) is 10.2 Å². The van der Waals surface area contributed by atoms with Gasteiger partial charge in [0.1, 0.15) is 0 Å². The van der Waals surface area contributed by atoms with Crippen LogP contribution in [-0.2, 0) is 11.2 Å². The second kappa shape index (κ2) is 3.98. The van der Waals surface area contributed by atoms with Crippen molar-refractivity contribution in [2.45, 2.75) is 6.42 Å². The number of carbonyl (C=O) groups excluding carboxylic acids is 1. The first-order chi connectivity index (χ1) is 5.29. The van der Waals surface area contributed by atoms with Crippen LogP contribution in [0.1, 0.15) is 5.56 Å². The average Bonchev–Trinajstić information content (AvgIpc) is 2.30. The first kappa shape index (κ1) is 10.3. The third-order valence-electron chi connectivity index (χ3n) is 1.76. The van der Waals surface area contributed by atoms with Gasteiger partial charge in [-0.1, -0.05) is 22.7 Å². The van der Waals surface area contributed by atoms with Gasteiger partial charge in [0.2, 0.25) is 0 Å². The number of para-hydroxylation sites is 1. The number of hydrogen-bond donors (Lipinski definition) is 0. The molecule has 0 fully saturated rings. The van der Waals surface area contributed by atoms with Crippen molar-refractivity contribution in [2.24, 2.45) is 0 Å². The summed E-state index contributed by atoms with van der Waals surface area (Å²) in [5, 5.41) is 0.204. The van der Waals surface area contributed by atoms with E-state index in [2.05, 4.69) is 0 Å². The molecule has 0 spiro atoms. The van der Waals surface area contributed by atoms with E-state index in [-0.39, 0.29) is 62.9 Å². The van der Waals surface area contributed by atoms with Gasteiger partial charge in [-0.2, -0.15) is 0 Å². The SMILES string of the molecule is O=C1Cc2ccccc2N1F.[K]. The minimum absolute atomic E-state index is 0. The summed E-state index contributed by atoms with van der Waals surface area (Å²) in [5.74, 6) is -0.480. The fraction of sp³-hybridized carbons (Fsp3) is 0.125. The molecule has 0 aromatic heterocycles. The van der Waals surface area contributed by atoms with Gasteiger partial charge in [-0.25, -0.2) is 0 Å². The van der Waals surface area contributed by atoms with Crippen molar-refractivity contribution in [1.82, 2.24) is 0 Å². The van der Waals surface area contributed by atoms with Gasteiger partial charge in [0, 0.05) is 51.4 Å². The van der Waals surface area contributed by atoms with Crippen LogP contribution in [-0.4, -0.2) is 57.3 Å². The van der Waals surface area contributed by atoms with Crippen LogP contribution < -0.4 is 5.12 Å². The topological polar surface area (TPSA) is 20.3 Å². The van der Waals surface area contributed by atoms with Crippen molar-refractivity contribution in [3.05, 3.63) is 29.8 Å². The monoisotopic (exact) mass is 190 g/mol. The van der Waals surface area contributed by atoms with Gasteiger partial charge in [0.05, 0.1) is 12.1 Å². The molecule has 1 radical (unpaired) electrons. The number of fused-ring (bicyclic) bond motifs is 1. The smallest absolute Gasteiger partial charge is 0.259 e. The molecule has 0 bridgehead atoms. The standard InChI is InChI=1S/C8H6FNO.K/c9-10-7-4-2-1-3-6(7)5-8(10)11;/h1-4H,5H2;. The molecule has 0 saturated carbocycles. The van der Waals surface area contributed by atoms with Crippen molar-refractivity contribution < 1.29 is 9.28 Å². The fourth-order valence-electron chi connectivity index (χ4n) is 1.22. The molecule has 0 saturated heterocycles. The molecule has 1 aromatic carbocycles. The largest absolute Gasteiger partial charge is 0.272 e. The van der Waals surface area contributed by atoms with E-state index in [4.69, 9.17) is 0 Å². The minimum Gasteiger partial charge on any atom is -0.272 e. The van der Waals surface area contributed by atoms with Gasteiger partial charge in [0.25, 0.3) is 5.91 Å². The van der Waals surface area contributed by atoms with Crippen molar-refractivity contribution in [3.8, 4) is 0 Å². The summed E-state index contributed by atoms with van der Waals surface area (Å²) < 4.78 is 12.8. The maximum absolute atomic E-state index is 12.8. The summed E-state index contributed by atoms with van der Waals surface area (Å²) in [6.07, 6.45) is 0.187. The number of benzene rings is 1. The molecule has 1 aliphatic heterocycles. The van der Waals surface area contributed by atoms with Crippen LogP contribution in [0.3, 0.4) is 0 Å². The Kier molecular flexibility index (Phi) is 3.43. The Bertz CT molecular complexity index is 316. The molecule has 1 aliphatic rings. The van der Waals surface area contributed by atoms with Crippen LogP contribution >= 0.6 is 0 Å². The van der Waals surface area contributed by atoms with E-state index in [1.54, 1.807) is 24.3 Å². The van der Waals surface area contributed by atoms with Crippen LogP contribution in [0.2, 0.25) is 0 Å². The van der Waals surface area contributed by atoms with Crippen molar-refractivity contribution in [2.75, 3.05) is 5.12 Å². The van der Waals surface area contributed by atoms with E-state index in [0.29, 0.717) is 5.69 Å². The molecule has 2 nitrogen and oxygen atoms in total. The van der Waals surface area contributed by atoms with Gasteiger partial charge in [0.15, 0.2) is 0 Å². The van der Waals surface area contributed by atoms with Gasteiger partial charge in [-0.15, -0.1) is 5.12 Å². The van der Waals surface area contributed by atoms with E-state index in [1.165, 1.54) is 0 Å². The van der Waals surface area contributed by atoms with Crippen molar-refractivity contribution in [3.63, 3.8) is 0 Å². The first-order valence-electron chi connectivity index (χ1n) is 3.35. The Morgan fingerprint density at radius 2 is 2.00 bits per heavy atom. The molecule has 2 rings (SSSR count). The molecule has 0 unspecified atom stereocenters. The van der Waals surface area contributed by atoms with E-state index >= 15 is 0 Å². The number of halogens is 1. The number of amides is 1. The van der Waals surface area contributed by atoms with E-state index in [1.807, 2.05) is 0 Å². The molecule has 12 heavy (non-hydrogen) atoms. The average molecular weight is 190 g/mol. The van der Waals surface area contributed by atoms with Crippen LogP contribution in [0.15, 0.2) is 24.3 Å². The minimum atomic E-state index is -0.480. The predicted octanol–water partition coefficient (Wildman–Crippen LogP) is 1.08. The molecule has 1 heterocycles. The third kappa shape index (κ3) is 1.62.